The molecule has 9 nitrogen and oxygen atoms in total. The predicted molar refractivity (Wildman–Crippen MR) is 102 cm³/mol. The van der Waals surface area contributed by atoms with Crippen LogP contribution in [-0.2, 0) is 0 Å². The Kier molecular flexibility index (Phi) is 5.70. The molecule has 1 aliphatic heterocycles. The number of carbonyl (C=O) groups excluding carboxylic acids is 1. The molecule has 1 amide bonds. The third-order valence-corrected chi connectivity index (χ3v) is 4.68. The molecule has 0 radical (unpaired) electrons. The van der Waals surface area contributed by atoms with E-state index in [1.165, 1.54) is 6.33 Å². The summed E-state index contributed by atoms with van der Waals surface area (Å²) < 4.78 is 0. The lowest BCUT2D eigenvalue weighted by molar-refractivity contribution is -0.383. The summed E-state index contributed by atoms with van der Waals surface area (Å²) in [6, 6.07) is 6.50. The summed E-state index contributed by atoms with van der Waals surface area (Å²) >= 11 is 5.99. The summed E-state index contributed by atoms with van der Waals surface area (Å²) in [5, 5.41) is 11.9. The quantitative estimate of drug-likeness (QED) is 0.595. The number of nitrogens with zero attached hydrogens (tertiary/aromatic N) is 4. The number of hydrazine groups is 1. The lowest BCUT2D eigenvalue weighted by Gasteiger charge is -2.31. The minimum atomic E-state index is -0.543. The summed E-state index contributed by atoms with van der Waals surface area (Å²) in [7, 11) is 0. The van der Waals surface area contributed by atoms with Gasteiger partial charge in [-0.15, -0.1) is 0 Å². The number of benzene rings is 1. The molecule has 1 aromatic heterocycles. The topological polar surface area (TPSA) is 113 Å². The van der Waals surface area contributed by atoms with Crippen LogP contribution in [0.1, 0.15) is 30.1 Å². The van der Waals surface area contributed by atoms with Gasteiger partial charge in [-0.25, -0.2) is 9.97 Å². The summed E-state index contributed by atoms with van der Waals surface area (Å²) in [4.78, 5) is 33.3. The molecule has 0 bridgehead atoms. The lowest BCUT2D eigenvalue weighted by atomic mass is 10.0. The summed E-state index contributed by atoms with van der Waals surface area (Å²) in [5.74, 6) is 0.0611. The van der Waals surface area contributed by atoms with E-state index in [1.54, 1.807) is 24.3 Å². The van der Waals surface area contributed by atoms with Gasteiger partial charge < -0.3 is 4.90 Å². The molecule has 1 unspecified atom stereocenters. The summed E-state index contributed by atoms with van der Waals surface area (Å²) in [6.07, 6.45) is 3.26. The van der Waals surface area contributed by atoms with Crippen molar-refractivity contribution in [3.05, 3.63) is 51.3 Å². The van der Waals surface area contributed by atoms with Gasteiger partial charge >= 0.3 is 5.69 Å². The van der Waals surface area contributed by atoms with Crippen molar-refractivity contribution in [3.63, 3.8) is 0 Å². The Labute approximate surface area is 160 Å². The summed E-state index contributed by atoms with van der Waals surface area (Å²) in [5.41, 5.74) is 4.91. The largest absolute Gasteiger partial charge is 0.355 e. The molecule has 27 heavy (non-hydrogen) atoms. The van der Waals surface area contributed by atoms with E-state index < -0.39 is 10.8 Å². The zero-order valence-electron chi connectivity index (χ0n) is 14.7. The number of carbonyl (C=O) groups is 1. The van der Waals surface area contributed by atoms with Gasteiger partial charge in [0.15, 0.2) is 0 Å². The molecule has 2 N–H and O–H groups in total. The number of aromatic nitrogens is 2. The molecule has 3 rings (SSSR count). The maximum absolute atomic E-state index is 12.3. The van der Waals surface area contributed by atoms with Crippen LogP contribution in [0.2, 0.25) is 5.02 Å². The van der Waals surface area contributed by atoms with Gasteiger partial charge in [-0.05, 0) is 30.9 Å². The number of halogens is 1. The Bertz CT molecular complexity index is 862. The highest BCUT2D eigenvalue weighted by Gasteiger charge is 2.29. The minimum absolute atomic E-state index is 0.0800. The van der Waals surface area contributed by atoms with Crippen LogP contribution in [0.5, 0.6) is 0 Å². The monoisotopic (exact) mass is 390 g/mol. The average molecular weight is 391 g/mol. The Morgan fingerprint density at radius 1 is 1.37 bits per heavy atom. The van der Waals surface area contributed by atoms with Crippen molar-refractivity contribution in [2.24, 2.45) is 5.92 Å². The maximum atomic E-state index is 12.3. The third kappa shape index (κ3) is 4.25. The van der Waals surface area contributed by atoms with Crippen LogP contribution in [0.15, 0.2) is 30.6 Å². The van der Waals surface area contributed by atoms with Gasteiger partial charge in [-0.3, -0.25) is 25.8 Å². The summed E-state index contributed by atoms with van der Waals surface area (Å²) in [6.45, 7) is 3.47. The molecule has 1 atom stereocenters. The smallest absolute Gasteiger partial charge is 0.350 e. The molecule has 2 aromatic rings. The van der Waals surface area contributed by atoms with E-state index in [9.17, 15) is 14.9 Å². The molecular formula is C17H19ClN6O3. The Hall–Kier alpha value is -2.94. The van der Waals surface area contributed by atoms with E-state index in [0.717, 1.165) is 12.8 Å². The van der Waals surface area contributed by atoms with E-state index in [2.05, 4.69) is 27.7 Å². The van der Waals surface area contributed by atoms with Crippen LogP contribution < -0.4 is 15.8 Å². The van der Waals surface area contributed by atoms with E-state index in [1.807, 2.05) is 4.90 Å². The standard InChI is InChI=1S/C17H19ClN6O3/c1-11-5-4-8-23(9-11)16-14(24(26)27)15(19-10-20-16)21-22-17(25)12-6-2-3-7-13(12)18/h2-3,6-7,10-11H,4-5,8-9H2,1H3,(H,22,25)(H,19,20,21). The lowest BCUT2D eigenvalue weighted by Crippen LogP contribution is -2.36. The SMILES string of the molecule is CC1CCCN(c2ncnc(NNC(=O)c3ccccc3Cl)c2[N+](=O)[O-])C1. The van der Waals surface area contributed by atoms with Gasteiger partial charge in [0.05, 0.1) is 15.5 Å². The number of amides is 1. The fourth-order valence-corrected chi connectivity index (χ4v) is 3.29. The highest BCUT2D eigenvalue weighted by Crippen LogP contribution is 2.33. The molecule has 0 spiro atoms. The van der Waals surface area contributed by atoms with Crippen LogP contribution in [-0.4, -0.2) is 33.9 Å². The fourth-order valence-electron chi connectivity index (χ4n) is 3.07. The molecule has 10 heteroatoms. The molecule has 1 aromatic carbocycles. The average Bonchev–Trinajstić information content (AvgIpc) is 2.66. The number of rotatable bonds is 5. The number of anilines is 2. The van der Waals surface area contributed by atoms with Crippen LogP contribution in [0.4, 0.5) is 17.3 Å². The number of piperidine rings is 1. The van der Waals surface area contributed by atoms with Crippen molar-refractivity contribution in [2.45, 2.75) is 19.8 Å². The van der Waals surface area contributed by atoms with Gasteiger partial charge in [0.25, 0.3) is 5.91 Å². The Morgan fingerprint density at radius 2 is 2.15 bits per heavy atom. The molecule has 0 saturated carbocycles. The van der Waals surface area contributed by atoms with Crippen molar-refractivity contribution in [1.29, 1.82) is 0 Å². The van der Waals surface area contributed by atoms with Crippen molar-refractivity contribution < 1.29 is 9.72 Å². The normalized spacial score (nSPS) is 16.7. The first-order valence-electron chi connectivity index (χ1n) is 8.52. The second kappa shape index (κ2) is 8.17. The van der Waals surface area contributed by atoms with Crippen molar-refractivity contribution in [1.82, 2.24) is 15.4 Å². The molecular weight excluding hydrogens is 372 g/mol. The Morgan fingerprint density at radius 3 is 2.85 bits per heavy atom. The molecule has 1 fully saturated rings. The number of hydrogen-bond acceptors (Lipinski definition) is 7. The van der Waals surface area contributed by atoms with Crippen LogP contribution in [0.3, 0.4) is 0 Å². The zero-order valence-corrected chi connectivity index (χ0v) is 15.4. The van der Waals surface area contributed by atoms with E-state index in [4.69, 9.17) is 11.6 Å². The van der Waals surface area contributed by atoms with Gasteiger partial charge in [-0.1, -0.05) is 30.7 Å². The van der Waals surface area contributed by atoms with Crippen molar-refractivity contribution in [3.8, 4) is 0 Å². The van der Waals surface area contributed by atoms with Crippen LogP contribution in [0.25, 0.3) is 0 Å². The molecule has 2 heterocycles. The third-order valence-electron chi connectivity index (χ3n) is 4.36. The highest BCUT2D eigenvalue weighted by molar-refractivity contribution is 6.33. The first-order chi connectivity index (χ1) is 13.0. The first-order valence-corrected chi connectivity index (χ1v) is 8.90. The number of nitrogens with one attached hydrogen (secondary N) is 2. The van der Waals surface area contributed by atoms with Crippen LogP contribution in [0, 0.1) is 16.0 Å². The van der Waals surface area contributed by atoms with Crippen molar-refractivity contribution >= 4 is 34.8 Å². The van der Waals surface area contributed by atoms with Crippen LogP contribution >= 0.6 is 11.6 Å². The zero-order chi connectivity index (χ0) is 19.4. The molecule has 1 saturated heterocycles. The molecule has 0 aliphatic carbocycles. The van der Waals surface area contributed by atoms with Gasteiger partial charge in [-0.2, -0.15) is 0 Å². The fraction of sp³-hybridized carbons (Fsp3) is 0.353. The van der Waals surface area contributed by atoms with E-state index >= 15 is 0 Å². The van der Waals surface area contributed by atoms with E-state index in [-0.39, 0.29) is 27.9 Å². The minimum Gasteiger partial charge on any atom is -0.350 e. The molecule has 142 valence electrons. The highest BCUT2D eigenvalue weighted by atomic mass is 35.5. The number of nitro groups is 1. The maximum Gasteiger partial charge on any atom is 0.355 e. The number of hydrogen-bond donors (Lipinski definition) is 2. The predicted octanol–water partition coefficient (Wildman–Crippen LogP) is 3.03. The molecule has 1 aliphatic rings. The first kappa shape index (κ1) is 18.8. The Balaban J connectivity index is 1.83. The second-order valence-electron chi connectivity index (χ2n) is 6.40. The van der Waals surface area contributed by atoms with Crippen molar-refractivity contribution in [2.75, 3.05) is 23.4 Å². The van der Waals surface area contributed by atoms with Gasteiger partial charge in [0.1, 0.15) is 6.33 Å². The van der Waals surface area contributed by atoms with E-state index in [0.29, 0.717) is 19.0 Å². The van der Waals surface area contributed by atoms with Gasteiger partial charge in [0, 0.05) is 13.1 Å². The second-order valence-corrected chi connectivity index (χ2v) is 6.81. The van der Waals surface area contributed by atoms with Gasteiger partial charge in [0.2, 0.25) is 11.6 Å².